The number of hydrogen-bond acceptors (Lipinski definition) is 2. The Balaban J connectivity index is 2.88. The van der Waals surface area contributed by atoms with Gasteiger partial charge in [0.05, 0.1) is 10.0 Å². The first kappa shape index (κ1) is 12.3. The minimum absolute atomic E-state index is 0.200. The summed E-state index contributed by atoms with van der Waals surface area (Å²) in [6.07, 6.45) is -0.702. The first-order chi connectivity index (χ1) is 7.06. The monoisotopic (exact) mass is 248 g/mol. The third kappa shape index (κ3) is 3.09. The van der Waals surface area contributed by atoms with E-state index in [-0.39, 0.29) is 6.42 Å². The molecule has 3 nitrogen and oxygen atoms in total. The summed E-state index contributed by atoms with van der Waals surface area (Å²) in [5.74, 6) is -1.02. The number of aliphatic carboxylic acids is 1. The molecule has 5 heteroatoms. The standard InChI is InChI=1S/C10H10Cl2O3/c1-15-8(10(13)14)5-6-3-2-4-7(11)9(6)12/h2-4,8H,5H2,1H3,(H,13,14)/t8-/m1/s1. The Kier molecular flexibility index (Phi) is 4.39. The molecular weight excluding hydrogens is 239 g/mol. The maximum Gasteiger partial charge on any atom is 0.333 e. The van der Waals surface area contributed by atoms with E-state index >= 15 is 0 Å². The van der Waals surface area contributed by atoms with E-state index in [4.69, 9.17) is 33.0 Å². The number of carboxylic acid groups (broad SMARTS) is 1. The third-order valence-corrected chi connectivity index (χ3v) is 2.85. The van der Waals surface area contributed by atoms with Crippen LogP contribution in [0.5, 0.6) is 0 Å². The number of rotatable bonds is 4. The Labute approximate surface area is 97.6 Å². The molecule has 1 N–H and O–H groups in total. The summed E-state index contributed by atoms with van der Waals surface area (Å²) >= 11 is 11.7. The Morgan fingerprint density at radius 1 is 1.53 bits per heavy atom. The fraction of sp³-hybridized carbons (Fsp3) is 0.300. The van der Waals surface area contributed by atoms with Crippen LogP contribution in [-0.4, -0.2) is 24.3 Å². The molecule has 0 aliphatic carbocycles. The van der Waals surface area contributed by atoms with E-state index in [0.29, 0.717) is 15.6 Å². The largest absolute Gasteiger partial charge is 0.479 e. The number of carbonyl (C=O) groups is 1. The van der Waals surface area contributed by atoms with Crippen molar-refractivity contribution >= 4 is 29.2 Å². The highest BCUT2D eigenvalue weighted by Gasteiger charge is 2.18. The smallest absolute Gasteiger partial charge is 0.333 e. The van der Waals surface area contributed by atoms with Crippen LogP contribution in [0.2, 0.25) is 10.0 Å². The Hall–Kier alpha value is -0.770. The molecule has 82 valence electrons. The Morgan fingerprint density at radius 2 is 2.20 bits per heavy atom. The minimum atomic E-state index is -1.02. The highest BCUT2D eigenvalue weighted by atomic mass is 35.5. The summed E-state index contributed by atoms with van der Waals surface area (Å²) in [6.45, 7) is 0. The van der Waals surface area contributed by atoms with E-state index in [1.165, 1.54) is 7.11 Å². The van der Waals surface area contributed by atoms with Gasteiger partial charge >= 0.3 is 5.97 Å². The second-order valence-corrected chi connectivity index (χ2v) is 3.76. The van der Waals surface area contributed by atoms with Crippen molar-refractivity contribution in [3.05, 3.63) is 33.8 Å². The predicted molar refractivity (Wildman–Crippen MR) is 58.6 cm³/mol. The highest BCUT2D eigenvalue weighted by molar-refractivity contribution is 6.42. The van der Waals surface area contributed by atoms with E-state index in [2.05, 4.69) is 0 Å². The van der Waals surface area contributed by atoms with Gasteiger partial charge < -0.3 is 9.84 Å². The van der Waals surface area contributed by atoms with Crippen LogP contribution in [0.3, 0.4) is 0 Å². The van der Waals surface area contributed by atoms with Crippen molar-refractivity contribution in [2.24, 2.45) is 0 Å². The number of carboxylic acids is 1. The number of halogens is 2. The molecule has 0 aliphatic rings. The topological polar surface area (TPSA) is 46.5 Å². The van der Waals surface area contributed by atoms with Gasteiger partial charge in [0, 0.05) is 13.5 Å². The lowest BCUT2D eigenvalue weighted by atomic mass is 10.1. The molecule has 1 aromatic rings. The molecule has 0 radical (unpaired) electrons. The summed E-state index contributed by atoms with van der Waals surface area (Å²) in [4.78, 5) is 10.7. The van der Waals surface area contributed by atoms with Crippen molar-refractivity contribution in [1.29, 1.82) is 0 Å². The van der Waals surface area contributed by atoms with Crippen molar-refractivity contribution in [1.82, 2.24) is 0 Å². The second-order valence-electron chi connectivity index (χ2n) is 2.98. The van der Waals surface area contributed by atoms with Crippen molar-refractivity contribution in [3.8, 4) is 0 Å². The average Bonchev–Trinajstić information content (AvgIpc) is 2.19. The molecule has 1 aromatic carbocycles. The van der Waals surface area contributed by atoms with Gasteiger partial charge in [0.1, 0.15) is 0 Å². The van der Waals surface area contributed by atoms with E-state index < -0.39 is 12.1 Å². The summed E-state index contributed by atoms with van der Waals surface area (Å²) < 4.78 is 4.81. The normalized spacial score (nSPS) is 12.5. The van der Waals surface area contributed by atoms with Crippen LogP contribution in [0.4, 0.5) is 0 Å². The van der Waals surface area contributed by atoms with E-state index in [9.17, 15) is 4.79 Å². The molecule has 0 aromatic heterocycles. The van der Waals surface area contributed by atoms with Crippen molar-refractivity contribution in [2.75, 3.05) is 7.11 Å². The lowest BCUT2D eigenvalue weighted by Crippen LogP contribution is -2.24. The van der Waals surface area contributed by atoms with Gasteiger partial charge in [0.15, 0.2) is 6.10 Å². The van der Waals surface area contributed by atoms with Crippen molar-refractivity contribution in [3.63, 3.8) is 0 Å². The summed E-state index contributed by atoms with van der Waals surface area (Å²) in [6, 6.07) is 5.09. The molecular formula is C10H10Cl2O3. The van der Waals surface area contributed by atoms with Gasteiger partial charge in [-0.2, -0.15) is 0 Å². The van der Waals surface area contributed by atoms with Gasteiger partial charge in [-0.1, -0.05) is 35.3 Å². The van der Waals surface area contributed by atoms with Gasteiger partial charge in [-0.15, -0.1) is 0 Å². The number of ether oxygens (including phenoxy) is 1. The van der Waals surface area contributed by atoms with Gasteiger partial charge in [0.25, 0.3) is 0 Å². The van der Waals surface area contributed by atoms with Gasteiger partial charge in [-0.25, -0.2) is 4.79 Å². The molecule has 0 aliphatic heterocycles. The summed E-state index contributed by atoms with van der Waals surface area (Å²) in [5.41, 5.74) is 0.665. The van der Waals surface area contributed by atoms with E-state index in [0.717, 1.165) is 0 Å². The third-order valence-electron chi connectivity index (χ3n) is 2.00. The zero-order chi connectivity index (χ0) is 11.4. The minimum Gasteiger partial charge on any atom is -0.479 e. The van der Waals surface area contributed by atoms with Crippen LogP contribution < -0.4 is 0 Å². The van der Waals surface area contributed by atoms with Gasteiger partial charge in [0.2, 0.25) is 0 Å². The molecule has 15 heavy (non-hydrogen) atoms. The summed E-state index contributed by atoms with van der Waals surface area (Å²) in [5, 5.41) is 9.58. The average molecular weight is 249 g/mol. The fourth-order valence-electron chi connectivity index (χ4n) is 1.18. The zero-order valence-electron chi connectivity index (χ0n) is 8.04. The molecule has 1 rings (SSSR count). The molecule has 0 saturated heterocycles. The number of benzene rings is 1. The van der Waals surface area contributed by atoms with Crippen LogP contribution in [0.15, 0.2) is 18.2 Å². The molecule has 0 unspecified atom stereocenters. The predicted octanol–water partition coefficient (Wildman–Crippen LogP) is 2.64. The van der Waals surface area contributed by atoms with Crippen LogP contribution in [0, 0.1) is 0 Å². The lowest BCUT2D eigenvalue weighted by Gasteiger charge is -2.11. The van der Waals surface area contributed by atoms with Crippen LogP contribution in [-0.2, 0) is 16.0 Å². The molecule has 0 heterocycles. The van der Waals surface area contributed by atoms with Gasteiger partial charge in [-0.05, 0) is 11.6 Å². The highest BCUT2D eigenvalue weighted by Crippen LogP contribution is 2.26. The van der Waals surface area contributed by atoms with E-state index in [1.807, 2.05) is 0 Å². The SMILES string of the molecule is CO[C@H](Cc1cccc(Cl)c1Cl)C(=O)O. The number of hydrogen-bond donors (Lipinski definition) is 1. The fourth-order valence-corrected chi connectivity index (χ4v) is 1.57. The molecule has 0 saturated carbocycles. The Morgan fingerprint density at radius 3 is 2.73 bits per heavy atom. The first-order valence-electron chi connectivity index (χ1n) is 4.24. The molecule has 1 atom stereocenters. The van der Waals surface area contributed by atoms with Gasteiger partial charge in [-0.3, -0.25) is 0 Å². The molecule has 0 spiro atoms. The molecule has 0 bridgehead atoms. The number of methoxy groups -OCH3 is 1. The molecule has 0 amide bonds. The lowest BCUT2D eigenvalue weighted by molar-refractivity contribution is -0.148. The van der Waals surface area contributed by atoms with E-state index in [1.54, 1.807) is 18.2 Å². The van der Waals surface area contributed by atoms with Crippen molar-refractivity contribution in [2.45, 2.75) is 12.5 Å². The van der Waals surface area contributed by atoms with Crippen LogP contribution in [0.1, 0.15) is 5.56 Å². The zero-order valence-corrected chi connectivity index (χ0v) is 9.55. The maximum absolute atomic E-state index is 10.7. The second kappa shape index (κ2) is 5.35. The summed E-state index contributed by atoms with van der Waals surface area (Å²) in [7, 11) is 1.34. The van der Waals surface area contributed by atoms with Crippen LogP contribution >= 0.6 is 23.2 Å². The maximum atomic E-state index is 10.7. The first-order valence-corrected chi connectivity index (χ1v) is 5.00. The quantitative estimate of drug-likeness (QED) is 0.892. The Bertz CT molecular complexity index is 366. The van der Waals surface area contributed by atoms with Crippen LogP contribution in [0.25, 0.3) is 0 Å². The molecule has 0 fully saturated rings. The van der Waals surface area contributed by atoms with Crippen molar-refractivity contribution < 1.29 is 14.6 Å².